The summed E-state index contributed by atoms with van der Waals surface area (Å²) in [6, 6.07) is 0.0105. The van der Waals surface area contributed by atoms with Gasteiger partial charge in [-0.15, -0.1) is 21.5 Å². The lowest BCUT2D eigenvalue weighted by molar-refractivity contribution is -0.133. The predicted octanol–water partition coefficient (Wildman–Crippen LogP) is 1.83. The maximum absolute atomic E-state index is 10.6. The largest absolute Gasteiger partial charge is 0.481 e. The Kier molecular flexibility index (Phi) is 3.97. The molecule has 0 fully saturated rings. The van der Waals surface area contributed by atoms with Crippen LogP contribution in [0.3, 0.4) is 0 Å². The molecule has 96 valence electrons. The van der Waals surface area contributed by atoms with Gasteiger partial charge in [0, 0.05) is 11.6 Å². The summed E-state index contributed by atoms with van der Waals surface area (Å²) in [6.07, 6.45) is 1.75. The summed E-state index contributed by atoms with van der Waals surface area (Å²) >= 11 is 2.73. The van der Waals surface area contributed by atoms with Gasteiger partial charge in [0.1, 0.15) is 10.8 Å². The Hall–Kier alpha value is -1.41. The number of carboxylic acid groups (broad SMARTS) is 1. The molecule has 0 aliphatic carbocycles. The van der Waals surface area contributed by atoms with Crippen LogP contribution in [0.1, 0.15) is 23.8 Å². The van der Waals surface area contributed by atoms with Crippen molar-refractivity contribution in [3.63, 3.8) is 0 Å². The molecule has 8 heteroatoms. The van der Waals surface area contributed by atoms with E-state index < -0.39 is 5.97 Å². The van der Waals surface area contributed by atoms with Gasteiger partial charge >= 0.3 is 5.97 Å². The summed E-state index contributed by atoms with van der Waals surface area (Å²) in [5, 5.41) is 20.2. The van der Waals surface area contributed by atoms with Gasteiger partial charge in [0.2, 0.25) is 0 Å². The molecule has 0 saturated carbocycles. The van der Waals surface area contributed by atoms with Crippen LogP contribution in [-0.4, -0.2) is 36.6 Å². The quantitative estimate of drug-likeness (QED) is 0.844. The molecule has 1 atom stereocenters. The minimum Gasteiger partial charge on any atom is -0.481 e. The van der Waals surface area contributed by atoms with Crippen LogP contribution in [0.5, 0.6) is 0 Å². The number of aromatic nitrogens is 4. The maximum atomic E-state index is 10.6. The minimum atomic E-state index is -0.867. The average molecular weight is 284 g/mol. The molecule has 0 aliphatic heterocycles. The molecule has 0 bridgehead atoms. The number of carboxylic acids is 1. The van der Waals surface area contributed by atoms with Crippen LogP contribution >= 0.6 is 23.1 Å². The number of aliphatic carboxylic acids is 1. The van der Waals surface area contributed by atoms with Crippen LogP contribution in [-0.2, 0) is 4.79 Å². The van der Waals surface area contributed by atoms with Crippen LogP contribution in [0, 0.1) is 6.92 Å². The smallest absolute Gasteiger partial charge is 0.313 e. The fraction of sp³-hybridized carbons (Fsp3) is 0.400. The highest BCUT2D eigenvalue weighted by Gasteiger charge is 2.19. The van der Waals surface area contributed by atoms with Crippen LogP contribution in [0.2, 0.25) is 0 Å². The van der Waals surface area contributed by atoms with Crippen molar-refractivity contribution in [2.24, 2.45) is 0 Å². The van der Waals surface area contributed by atoms with E-state index in [1.54, 1.807) is 17.5 Å². The highest BCUT2D eigenvalue weighted by Crippen LogP contribution is 2.26. The lowest BCUT2D eigenvalue weighted by Crippen LogP contribution is -2.10. The van der Waals surface area contributed by atoms with Crippen molar-refractivity contribution in [3.8, 4) is 0 Å². The molecule has 1 N–H and O–H groups in total. The summed E-state index contributed by atoms with van der Waals surface area (Å²) in [5.41, 5.74) is 0. The maximum Gasteiger partial charge on any atom is 0.313 e. The van der Waals surface area contributed by atoms with Crippen molar-refractivity contribution >= 4 is 29.1 Å². The molecule has 2 aromatic rings. The number of aryl methyl sites for hydroxylation is 1. The van der Waals surface area contributed by atoms with Crippen molar-refractivity contribution in [1.29, 1.82) is 0 Å². The number of carbonyl (C=O) groups is 1. The van der Waals surface area contributed by atoms with Crippen molar-refractivity contribution in [1.82, 2.24) is 19.7 Å². The van der Waals surface area contributed by atoms with E-state index in [0.29, 0.717) is 5.16 Å². The van der Waals surface area contributed by atoms with Crippen molar-refractivity contribution < 1.29 is 9.90 Å². The zero-order valence-corrected chi connectivity index (χ0v) is 11.5. The molecule has 2 rings (SSSR count). The molecule has 18 heavy (non-hydrogen) atoms. The fourth-order valence-corrected chi connectivity index (χ4v) is 3.04. The van der Waals surface area contributed by atoms with Gasteiger partial charge < -0.3 is 5.11 Å². The number of nitrogens with zero attached hydrogens (tertiary/aromatic N) is 4. The van der Waals surface area contributed by atoms with Gasteiger partial charge in [-0.2, -0.15) is 0 Å². The fourth-order valence-electron chi connectivity index (χ4n) is 1.57. The van der Waals surface area contributed by atoms with E-state index in [1.165, 1.54) is 11.8 Å². The SMILES string of the molecule is Cc1nnc(SCC(=O)O)n1C(C)c1nccs1. The highest BCUT2D eigenvalue weighted by atomic mass is 32.2. The molecule has 6 nitrogen and oxygen atoms in total. The summed E-state index contributed by atoms with van der Waals surface area (Å²) in [4.78, 5) is 14.9. The first-order valence-corrected chi connectivity index (χ1v) is 7.11. The molecule has 0 aromatic carbocycles. The Morgan fingerprint density at radius 3 is 3.00 bits per heavy atom. The van der Waals surface area contributed by atoms with Gasteiger partial charge in [-0.05, 0) is 13.8 Å². The molecule has 2 heterocycles. The second-order valence-corrected chi connectivity index (χ2v) is 5.50. The first-order chi connectivity index (χ1) is 8.59. The number of hydrogen-bond acceptors (Lipinski definition) is 6. The average Bonchev–Trinajstić information content (AvgIpc) is 2.94. The summed E-state index contributed by atoms with van der Waals surface area (Å²) < 4.78 is 1.91. The van der Waals surface area contributed by atoms with Crippen LogP contribution in [0.15, 0.2) is 16.7 Å². The van der Waals surface area contributed by atoms with Gasteiger partial charge in [0.15, 0.2) is 5.16 Å². The third-order valence-corrected chi connectivity index (χ3v) is 4.23. The van der Waals surface area contributed by atoms with E-state index in [2.05, 4.69) is 15.2 Å². The number of thiazole rings is 1. The zero-order chi connectivity index (χ0) is 13.1. The lowest BCUT2D eigenvalue weighted by atomic mass is 10.3. The number of hydrogen-bond donors (Lipinski definition) is 1. The van der Waals surface area contributed by atoms with E-state index >= 15 is 0 Å². The molecule has 0 spiro atoms. The Morgan fingerprint density at radius 2 is 2.39 bits per heavy atom. The van der Waals surface area contributed by atoms with Crippen molar-refractivity contribution in [2.75, 3.05) is 5.75 Å². The molecule has 0 amide bonds. The Balaban J connectivity index is 2.26. The predicted molar refractivity (Wildman–Crippen MR) is 69.0 cm³/mol. The number of thioether (sulfide) groups is 1. The van der Waals surface area contributed by atoms with Crippen LogP contribution < -0.4 is 0 Å². The highest BCUT2D eigenvalue weighted by molar-refractivity contribution is 7.99. The summed E-state index contributed by atoms with van der Waals surface area (Å²) in [7, 11) is 0. The standard InChI is InChI=1S/C10H12N4O2S2/c1-6(9-11-3-4-17-9)14-7(2)12-13-10(14)18-5-8(15)16/h3-4,6H,5H2,1-2H3,(H,15,16). The first kappa shape index (κ1) is 13.0. The van der Waals surface area contributed by atoms with E-state index in [0.717, 1.165) is 10.8 Å². The topological polar surface area (TPSA) is 80.9 Å². The van der Waals surface area contributed by atoms with Crippen LogP contribution in [0.25, 0.3) is 0 Å². The Morgan fingerprint density at radius 1 is 1.61 bits per heavy atom. The Labute approximate surface area is 112 Å². The lowest BCUT2D eigenvalue weighted by Gasteiger charge is -2.14. The molecule has 2 aromatic heterocycles. The Bertz CT molecular complexity index is 538. The number of rotatable bonds is 5. The monoisotopic (exact) mass is 284 g/mol. The van der Waals surface area contributed by atoms with E-state index in [-0.39, 0.29) is 11.8 Å². The third kappa shape index (κ3) is 2.70. The summed E-state index contributed by atoms with van der Waals surface area (Å²) in [6.45, 7) is 3.85. The van der Waals surface area contributed by atoms with Crippen LogP contribution in [0.4, 0.5) is 0 Å². The van der Waals surface area contributed by atoms with Gasteiger partial charge in [0.25, 0.3) is 0 Å². The zero-order valence-electron chi connectivity index (χ0n) is 9.90. The van der Waals surface area contributed by atoms with Gasteiger partial charge in [-0.25, -0.2) is 4.98 Å². The van der Waals surface area contributed by atoms with Crippen molar-refractivity contribution in [3.05, 3.63) is 22.4 Å². The molecule has 0 radical (unpaired) electrons. The van der Waals surface area contributed by atoms with Gasteiger partial charge in [-0.1, -0.05) is 11.8 Å². The van der Waals surface area contributed by atoms with Gasteiger partial charge in [-0.3, -0.25) is 9.36 Å². The van der Waals surface area contributed by atoms with Crippen molar-refractivity contribution in [2.45, 2.75) is 25.0 Å². The third-order valence-electron chi connectivity index (χ3n) is 2.36. The van der Waals surface area contributed by atoms with E-state index in [9.17, 15) is 4.79 Å². The first-order valence-electron chi connectivity index (χ1n) is 5.25. The second-order valence-electron chi connectivity index (χ2n) is 3.63. The molecular weight excluding hydrogens is 272 g/mol. The molecular formula is C10H12N4O2S2. The molecule has 0 saturated heterocycles. The van der Waals surface area contributed by atoms with E-state index in [4.69, 9.17) is 5.11 Å². The summed E-state index contributed by atoms with van der Waals surface area (Å²) in [5.74, 6) is -0.136. The molecule has 1 unspecified atom stereocenters. The van der Waals surface area contributed by atoms with E-state index in [1.807, 2.05) is 23.8 Å². The second kappa shape index (κ2) is 5.49. The van der Waals surface area contributed by atoms with Gasteiger partial charge in [0.05, 0.1) is 11.8 Å². The minimum absolute atomic E-state index is 0.0105. The molecule has 0 aliphatic rings. The normalized spacial score (nSPS) is 12.6.